The molecule has 0 saturated carbocycles. The maximum atomic E-state index is 12.4. The standard InChI is InChI=1S/C14H17F3N2O/c15-14(16,17)12-4-1-11(2-5-12)3-6-13(20)19-9-7-18-8-10-19/h1-2,4-5,18H,3,6-10H2. The van der Waals surface area contributed by atoms with Gasteiger partial charge in [-0.3, -0.25) is 4.79 Å². The van der Waals surface area contributed by atoms with Gasteiger partial charge in [0.2, 0.25) is 5.91 Å². The molecule has 6 heteroatoms. The molecule has 0 atom stereocenters. The molecule has 3 nitrogen and oxygen atoms in total. The lowest BCUT2D eigenvalue weighted by molar-refractivity contribution is -0.137. The van der Waals surface area contributed by atoms with E-state index in [-0.39, 0.29) is 5.91 Å². The summed E-state index contributed by atoms with van der Waals surface area (Å²) in [6, 6.07) is 5.00. The zero-order valence-corrected chi connectivity index (χ0v) is 11.0. The average Bonchev–Trinajstić information content (AvgIpc) is 2.45. The lowest BCUT2D eigenvalue weighted by atomic mass is 10.1. The molecule has 1 aromatic rings. The van der Waals surface area contributed by atoms with Crippen LogP contribution in [0.5, 0.6) is 0 Å². The van der Waals surface area contributed by atoms with Gasteiger partial charge in [0, 0.05) is 32.6 Å². The molecule has 1 aliphatic rings. The molecule has 1 aliphatic heterocycles. The van der Waals surface area contributed by atoms with Crippen LogP contribution in [0.3, 0.4) is 0 Å². The topological polar surface area (TPSA) is 32.3 Å². The summed E-state index contributed by atoms with van der Waals surface area (Å²) in [7, 11) is 0. The van der Waals surface area contributed by atoms with Crippen LogP contribution < -0.4 is 5.32 Å². The Morgan fingerprint density at radius 3 is 2.30 bits per heavy atom. The zero-order valence-electron chi connectivity index (χ0n) is 11.0. The van der Waals surface area contributed by atoms with Gasteiger partial charge in [-0.2, -0.15) is 13.2 Å². The molecule has 0 radical (unpaired) electrons. The van der Waals surface area contributed by atoms with E-state index in [9.17, 15) is 18.0 Å². The Hall–Kier alpha value is -1.56. The second-order valence-corrected chi connectivity index (χ2v) is 4.83. The van der Waals surface area contributed by atoms with E-state index in [0.717, 1.165) is 30.8 Å². The summed E-state index contributed by atoms with van der Waals surface area (Å²) in [5.41, 5.74) is 0.0937. The Morgan fingerprint density at radius 2 is 1.75 bits per heavy atom. The van der Waals surface area contributed by atoms with Gasteiger partial charge in [0.05, 0.1) is 5.56 Å². The third-order valence-electron chi connectivity index (χ3n) is 3.38. The summed E-state index contributed by atoms with van der Waals surface area (Å²) in [6.07, 6.45) is -3.50. The summed E-state index contributed by atoms with van der Waals surface area (Å²) >= 11 is 0. The van der Waals surface area contributed by atoms with Crippen molar-refractivity contribution in [3.8, 4) is 0 Å². The van der Waals surface area contributed by atoms with E-state index >= 15 is 0 Å². The molecule has 1 N–H and O–H groups in total. The first-order chi connectivity index (χ1) is 9.47. The molecular weight excluding hydrogens is 269 g/mol. The van der Waals surface area contributed by atoms with E-state index in [2.05, 4.69) is 5.32 Å². The molecule has 0 unspecified atom stereocenters. The van der Waals surface area contributed by atoms with Crippen LogP contribution in [-0.2, 0) is 17.4 Å². The number of hydrogen-bond donors (Lipinski definition) is 1. The van der Waals surface area contributed by atoms with Crippen LogP contribution in [0, 0.1) is 0 Å². The SMILES string of the molecule is O=C(CCc1ccc(C(F)(F)F)cc1)N1CCNCC1. The number of alkyl halides is 3. The van der Waals surface area contributed by atoms with E-state index in [1.54, 1.807) is 4.90 Å². The highest BCUT2D eigenvalue weighted by molar-refractivity contribution is 5.76. The van der Waals surface area contributed by atoms with Crippen molar-refractivity contribution in [2.45, 2.75) is 19.0 Å². The number of piperazine rings is 1. The van der Waals surface area contributed by atoms with Crippen molar-refractivity contribution in [3.63, 3.8) is 0 Å². The molecule has 2 rings (SSSR count). The highest BCUT2D eigenvalue weighted by Crippen LogP contribution is 2.29. The maximum absolute atomic E-state index is 12.4. The number of rotatable bonds is 3. The number of aryl methyl sites for hydroxylation is 1. The van der Waals surface area contributed by atoms with Gasteiger partial charge in [-0.1, -0.05) is 12.1 Å². The fraction of sp³-hybridized carbons (Fsp3) is 0.500. The average molecular weight is 286 g/mol. The normalized spacial score (nSPS) is 16.2. The Kier molecular flexibility index (Phi) is 4.65. The second kappa shape index (κ2) is 6.26. The van der Waals surface area contributed by atoms with Crippen LogP contribution in [0.1, 0.15) is 17.5 Å². The Balaban J connectivity index is 1.86. The number of amides is 1. The van der Waals surface area contributed by atoms with E-state index in [0.29, 0.717) is 25.9 Å². The van der Waals surface area contributed by atoms with Crippen molar-refractivity contribution < 1.29 is 18.0 Å². The first-order valence-corrected chi connectivity index (χ1v) is 6.61. The predicted octanol–water partition coefficient (Wildman–Crippen LogP) is 2.07. The van der Waals surface area contributed by atoms with Gasteiger partial charge in [0.1, 0.15) is 0 Å². The minimum Gasteiger partial charge on any atom is -0.340 e. The largest absolute Gasteiger partial charge is 0.416 e. The first-order valence-electron chi connectivity index (χ1n) is 6.61. The number of nitrogens with one attached hydrogen (secondary N) is 1. The van der Waals surface area contributed by atoms with E-state index in [4.69, 9.17) is 0 Å². The van der Waals surface area contributed by atoms with E-state index in [1.807, 2.05) is 0 Å². The summed E-state index contributed by atoms with van der Waals surface area (Å²) in [5.74, 6) is 0.0615. The predicted molar refractivity (Wildman–Crippen MR) is 69.2 cm³/mol. The Bertz CT molecular complexity index is 450. The van der Waals surface area contributed by atoms with Crippen LogP contribution in [0.25, 0.3) is 0 Å². The Labute approximate surface area is 115 Å². The van der Waals surface area contributed by atoms with Crippen LogP contribution >= 0.6 is 0 Å². The highest BCUT2D eigenvalue weighted by Gasteiger charge is 2.29. The highest BCUT2D eigenvalue weighted by atomic mass is 19.4. The van der Waals surface area contributed by atoms with Crippen molar-refractivity contribution >= 4 is 5.91 Å². The van der Waals surface area contributed by atoms with Crippen molar-refractivity contribution in [1.82, 2.24) is 10.2 Å². The van der Waals surface area contributed by atoms with Gasteiger partial charge in [-0.05, 0) is 24.1 Å². The van der Waals surface area contributed by atoms with Gasteiger partial charge in [0.15, 0.2) is 0 Å². The minimum atomic E-state index is -4.31. The number of halogens is 3. The number of benzene rings is 1. The third kappa shape index (κ3) is 3.96. The molecule has 20 heavy (non-hydrogen) atoms. The molecule has 1 saturated heterocycles. The molecule has 1 aromatic carbocycles. The molecular formula is C14H17F3N2O. The number of carbonyl (C=O) groups is 1. The van der Waals surface area contributed by atoms with Crippen molar-refractivity contribution in [2.75, 3.05) is 26.2 Å². The van der Waals surface area contributed by atoms with Gasteiger partial charge < -0.3 is 10.2 Å². The number of nitrogens with zero attached hydrogens (tertiary/aromatic N) is 1. The van der Waals surface area contributed by atoms with Crippen molar-refractivity contribution in [3.05, 3.63) is 35.4 Å². The molecule has 110 valence electrons. The molecule has 1 fully saturated rings. The zero-order chi connectivity index (χ0) is 14.6. The summed E-state index contributed by atoms with van der Waals surface area (Å²) in [6.45, 7) is 3.00. The van der Waals surface area contributed by atoms with E-state index in [1.165, 1.54) is 12.1 Å². The monoisotopic (exact) mass is 286 g/mol. The molecule has 0 aliphatic carbocycles. The lowest BCUT2D eigenvalue weighted by Crippen LogP contribution is -2.46. The second-order valence-electron chi connectivity index (χ2n) is 4.83. The fourth-order valence-electron chi connectivity index (χ4n) is 2.18. The lowest BCUT2D eigenvalue weighted by Gasteiger charge is -2.27. The van der Waals surface area contributed by atoms with Crippen LogP contribution in [-0.4, -0.2) is 37.0 Å². The summed E-state index contributed by atoms with van der Waals surface area (Å²) in [4.78, 5) is 13.7. The minimum absolute atomic E-state index is 0.0615. The molecule has 0 spiro atoms. The summed E-state index contributed by atoms with van der Waals surface area (Å²) < 4.78 is 37.2. The van der Waals surface area contributed by atoms with Crippen LogP contribution in [0.2, 0.25) is 0 Å². The maximum Gasteiger partial charge on any atom is 0.416 e. The Morgan fingerprint density at radius 1 is 1.15 bits per heavy atom. The van der Waals surface area contributed by atoms with Crippen LogP contribution in [0.4, 0.5) is 13.2 Å². The molecule has 0 bridgehead atoms. The van der Waals surface area contributed by atoms with Crippen molar-refractivity contribution in [2.24, 2.45) is 0 Å². The summed E-state index contributed by atoms with van der Waals surface area (Å²) in [5, 5.41) is 3.16. The third-order valence-corrected chi connectivity index (χ3v) is 3.38. The first kappa shape index (κ1) is 14.8. The van der Waals surface area contributed by atoms with Gasteiger partial charge in [0.25, 0.3) is 0 Å². The molecule has 1 amide bonds. The van der Waals surface area contributed by atoms with Crippen LogP contribution in [0.15, 0.2) is 24.3 Å². The van der Waals surface area contributed by atoms with Crippen molar-refractivity contribution in [1.29, 1.82) is 0 Å². The van der Waals surface area contributed by atoms with Gasteiger partial charge in [-0.25, -0.2) is 0 Å². The molecule has 1 heterocycles. The molecule has 0 aromatic heterocycles. The van der Waals surface area contributed by atoms with Gasteiger partial charge >= 0.3 is 6.18 Å². The number of hydrogen-bond acceptors (Lipinski definition) is 2. The number of carbonyl (C=O) groups excluding carboxylic acids is 1. The van der Waals surface area contributed by atoms with E-state index < -0.39 is 11.7 Å². The smallest absolute Gasteiger partial charge is 0.340 e. The fourth-order valence-corrected chi connectivity index (χ4v) is 2.18. The van der Waals surface area contributed by atoms with Gasteiger partial charge in [-0.15, -0.1) is 0 Å². The quantitative estimate of drug-likeness (QED) is 0.922.